The summed E-state index contributed by atoms with van der Waals surface area (Å²) in [7, 11) is 0. The third-order valence-electron chi connectivity index (χ3n) is 29.1. The first-order valence-corrected chi connectivity index (χ1v) is 48.7. The zero-order chi connectivity index (χ0) is 83.7. The standard InChI is InChI=1S/C95H173N17O5/c1-86(2)59-69(60-87(3,4)108(86)113-74-45-27-21-28-46-74)43-38-41-57-97-81-102-80(103-83(104-81)99-72-65-92(13,14)111(93(15,16)66-72)116-77-51-33-24-34-52-77)96-56-40-26-37-55-79(71-63-90(9,10)110(91(11,12)64-71)115-76-49-31-23-32-50-76)101-85-106-82(98-58-42-39-44-70-61-88(5,6)109(89(7,8)62-70)114-75-47-29-22-30-48-75)105-84(107-85)100-73-67-94(17,18)112(95(19,20)68-73)117-78-53-35-25-36-54-78/h69-79H,21-68H2,1-20H3,(H3,96,97,99,102,103,104)(H3,98,100,101,105,106,107). The molecule has 668 valence electrons. The molecule has 12 rings (SSSR count). The van der Waals surface area contributed by atoms with Crippen LogP contribution in [-0.4, -0.2) is 179 Å². The summed E-state index contributed by atoms with van der Waals surface area (Å²) in [5, 5.41) is 35.3. The Morgan fingerprint density at radius 1 is 0.274 bits per heavy atom. The van der Waals surface area contributed by atoms with E-state index in [0.29, 0.717) is 65.7 Å². The molecule has 117 heavy (non-hydrogen) atoms. The summed E-state index contributed by atoms with van der Waals surface area (Å²) in [4.78, 5) is 66.6. The summed E-state index contributed by atoms with van der Waals surface area (Å²) in [6.07, 6.45) is 53.3. The SMILES string of the molecule is CC1(C)CC(CCCCNc2nc(NCCCCCC(Nc3nc(NCCCCC4CC(C)(C)N(OC5CCCCC5)C(C)(C)C4)nc(NC4CC(C)(C)N(OC5CCCCC5)C(C)(C)C4)n3)C3CC(C)(C)N(OC4CCCCC4)C(C)(C)C3)nc(NC3CC(C)(C)N(OC4CCCCC4)C(C)(C)C3)n2)CC(C)(C)N1OC1CCCCC1. The smallest absolute Gasteiger partial charge is 0.229 e. The second-order valence-corrected chi connectivity index (χ2v) is 45.6. The number of hydrogen-bond donors (Lipinski definition) is 6. The lowest BCUT2D eigenvalue weighted by Crippen LogP contribution is -2.63. The van der Waals surface area contributed by atoms with E-state index in [1.807, 2.05) is 0 Å². The lowest BCUT2D eigenvalue weighted by molar-refractivity contribution is -0.314. The largest absolute Gasteiger partial charge is 0.354 e. The zero-order valence-electron chi connectivity index (χ0n) is 78.3. The molecule has 5 aliphatic heterocycles. The highest BCUT2D eigenvalue weighted by Gasteiger charge is 2.54. The topological polar surface area (TPSA) is 212 Å². The van der Waals surface area contributed by atoms with Gasteiger partial charge in [-0.05, 0) is 310 Å². The van der Waals surface area contributed by atoms with Crippen molar-refractivity contribution >= 4 is 35.7 Å². The molecule has 10 aliphatic rings. The van der Waals surface area contributed by atoms with Gasteiger partial charge in [-0.2, -0.15) is 55.2 Å². The van der Waals surface area contributed by atoms with Crippen molar-refractivity contribution in [2.75, 3.05) is 51.5 Å². The van der Waals surface area contributed by atoms with E-state index < -0.39 is 0 Å². The van der Waals surface area contributed by atoms with E-state index in [4.69, 9.17) is 54.1 Å². The fourth-order valence-corrected chi connectivity index (χ4v) is 25.3. The van der Waals surface area contributed by atoms with Crippen LogP contribution in [0.25, 0.3) is 0 Å². The van der Waals surface area contributed by atoms with Gasteiger partial charge >= 0.3 is 0 Å². The summed E-state index contributed by atoms with van der Waals surface area (Å²) in [6, 6.07) is 0.354. The van der Waals surface area contributed by atoms with Crippen LogP contribution in [0.5, 0.6) is 0 Å². The number of hydrogen-bond acceptors (Lipinski definition) is 22. The Bertz CT molecular complexity index is 3260. The molecule has 5 saturated carbocycles. The van der Waals surface area contributed by atoms with Crippen molar-refractivity contribution in [2.45, 2.75) is 531 Å². The highest BCUT2D eigenvalue weighted by molar-refractivity contribution is 5.45. The Hall–Kier alpha value is -3.58. The Kier molecular flexibility index (Phi) is 31.4. The molecule has 0 bridgehead atoms. The predicted octanol–water partition coefficient (Wildman–Crippen LogP) is 22.7. The first-order valence-electron chi connectivity index (χ1n) is 48.7. The maximum absolute atomic E-state index is 7.17. The maximum Gasteiger partial charge on any atom is 0.229 e. The summed E-state index contributed by atoms with van der Waals surface area (Å²) in [5.41, 5.74) is -1.31. The van der Waals surface area contributed by atoms with E-state index >= 15 is 0 Å². The fourth-order valence-electron chi connectivity index (χ4n) is 25.3. The van der Waals surface area contributed by atoms with Gasteiger partial charge in [0.1, 0.15) is 0 Å². The second-order valence-electron chi connectivity index (χ2n) is 45.6. The zero-order valence-corrected chi connectivity index (χ0v) is 78.3. The highest BCUT2D eigenvalue weighted by atomic mass is 16.7. The van der Waals surface area contributed by atoms with E-state index in [-0.39, 0.29) is 91.8 Å². The highest BCUT2D eigenvalue weighted by Crippen LogP contribution is 2.50. The normalized spacial score (nSPS) is 26.9. The summed E-state index contributed by atoms with van der Waals surface area (Å²) >= 11 is 0. The van der Waals surface area contributed by atoms with Gasteiger partial charge in [-0.15, -0.1) is 0 Å². The van der Waals surface area contributed by atoms with Crippen LogP contribution in [0.4, 0.5) is 35.7 Å². The van der Waals surface area contributed by atoms with Gasteiger partial charge in [-0.1, -0.05) is 135 Å². The van der Waals surface area contributed by atoms with Gasteiger partial charge < -0.3 is 31.9 Å². The van der Waals surface area contributed by atoms with Crippen LogP contribution in [0.3, 0.4) is 0 Å². The Labute approximate surface area is 712 Å². The molecule has 5 saturated heterocycles. The molecule has 2 aromatic heterocycles. The molecule has 7 heterocycles. The van der Waals surface area contributed by atoms with E-state index in [1.54, 1.807) is 0 Å². The number of piperidine rings is 5. The number of unbranched alkanes of at least 4 members (excludes halogenated alkanes) is 4. The van der Waals surface area contributed by atoms with E-state index in [2.05, 4.69) is 196 Å². The minimum Gasteiger partial charge on any atom is -0.354 e. The first kappa shape index (κ1) is 92.6. The number of anilines is 6. The fraction of sp³-hybridized carbons (Fsp3) is 0.937. The lowest BCUT2D eigenvalue weighted by Gasteiger charge is -2.56. The summed E-state index contributed by atoms with van der Waals surface area (Å²) in [5.74, 6) is 5.36. The monoisotopic (exact) mass is 1630 g/mol. The van der Waals surface area contributed by atoms with Gasteiger partial charge in [-0.3, -0.25) is 24.2 Å². The molecule has 5 aliphatic carbocycles. The molecule has 0 spiro atoms. The molecule has 1 unspecified atom stereocenters. The van der Waals surface area contributed by atoms with Crippen molar-refractivity contribution in [1.29, 1.82) is 0 Å². The van der Waals surface area contributed by atoms with Gasteiger partial charge in [0, 0.05) is 93.1 Å². The molecular weight excluding hydrogens is 1460 g/mol. The molecule has 2 aromatic rings. The van der Waals surface area contributed by atoms with E-state index in [0.717, 1.165) is 174 Å². The van der Waals surface area contributed by atoms with Gasteiger partial charge in [0.05, 0.1) is 30.5 Å². The van der Waals surface area contributed by atoms with Crippen LogP contribution < -0.4 is 31.9 Å². The van der Waals surface area contributed by atoms with Crippen LogP contribution >= 0.6 is 0 Å². The summed E-state index contributed by atoms with van der Waals surface area (Å²) < 4.78 is 0. The molecule has 0 radical (unpaired) electrons. The van der Waals surface area contributed by atoms with Gasteiger partial charge in [0.15, 0.2) is 0 Å². The van der Waals surface area contributed by atoms with Crippen LogP contribution in [0.1, 0.15) is 427 Å². The Balaban J connectivity index is 0.737. The molecule has 6 N–H and O–H groups in total. The van der Waals surface area contributed by atoms with Crippen molar-refractivity contribution in [2.24, 2.45) is 17.8 Å². The van der Waals surface area contributed by atoms with Crippen molar-refractivity contribution in [3.05, 3.63) is 0 Å². The van der Waals surface area contributed by atoms with Crippen LogP contribution in [0.2, 0.25) is 0 Å². The molecule has 1 atom stereocenters. The number of hydroxylamine groups is 10. The van der Waals surface area contributed by atoms with E-state index in [9.17, 15) is 0 Å². The lowest BCUT2D eigenvalue weighted by atomic mass is 9.71. The van der Waals surface area contributed by atoms with Crippen LogP contribution in [0, 0.1) is 17.8 Å². The van der Waals surface area contributed by atoms with Crippen LogP contribution in [0.15, 0.2) is 0 Å². The van der Waals surface area contributed by atoms with Gasteiger partial charge in [0.25, 0.3) is 0 Å². The Morgan fingerprint density at radius 2 is 0.513 bits per heavy atom. The van der Waals surface area contributed by atoms with Gasteiger partial charge in [-0.25, -0.2) is 0 Å². The third-order valence-corrected chi connectivity index (χ3v) is 29.1. The average molecular weight is 1630 g/mol. The van der Waals surface area contributed by atoms with Crippen molar-refractivity contribution in [3.63, 3.8) is 0 Å². The van der Waals surface area contributed by atoms with Crippen molar-refractivity contribution < 1.29 is 24.2 Å². The summed E-state index contributed by atoms with van der Waals surface area (Å²) in [6.45, 7) is 50.2. The molecule has 0 amide bonds. The third kappa shape index (κ3) is 25.6. The predicted molar refractivity (Wildman–Crippen MR) is 480 cm³/mol. The number of nitrogens with zero attached hydrogens (tertiary/aromatic N) is 11. The molecule has 22 nitrogen and oxygen atoms in total. The Morgan fingerprint density at radius 3 is 0.803 bits per heavy atom. The quantitative estimate of drug-likeness (QED) is 0.0350. The average Bonchev–Trinajstić information content (AvgIpc) is 0.794. The van der Waals surface area contributed by atoms with Crippen molar-refractivity contribution in [1.82, 2.24) is 55.2 Å². The van der Waals surface area contributed by atoms with Crippen LogP contribution in [-0.2, 0) is 24.2 Å². The number of rotatable bonds is 36. The van der Waals surface area contributed by atoms with Crippen molar-refractivity contribution in [3.8, 4) is 0 Å². The van der Waals surface area contributed by atoms with Gasteiger partial charge in [0.2, 0.25) is 35.7 Å². The minimum atomic E-state index is -0.216. The number of aromatic nitrogens is 6. The maximum atomic E-state index is 7.17. The molecule has 22 heteroatoms. The molecule has 10 fully saturated rings. The minimum absolute atomic E-state index is 0.0140. The second kappa shape index (κ2) is 39.7. The molecular formula is C95H173N17O5. The first-order chi connectivity index (χ1) is 55.3. The number of nitrogens with one attached hydrogen (secondary N) is 6. The molecule has 0 aromatic carbocycles. The van der Waals surface area contributed by atoms with E-state index in [1.165, 1.54) is 135 Å².